The van der Waals surface area contributed by atoms with Gasteiger partial charge in [-0.15, -0.1) is 11.3 Å². The van der Waals surface area contributed by atoms with Crippen molar-refractivity contribution < 1.29 is 51.5 Å². The van der Waals surface area contributed by atoms with Crippen molar-refractivity contribution in [3.63, 3.8) is 0 Å². The number of thiocarbonyl (C=S) groups is 1. The number of amides is 4. The number of hydrogen-bond acceptors (Lipinski definition) is 12. The Morgan fingerprint density at radius 1 is 0.944 bits per heavy atom. The van der Waals surface area contributed by atoms with Crippen molar-refractivity contribution >= 4 is 69.4 Å². The van der Waals surface area contributed by atoms with Gasteiger partial charge in [0.15, 0.2) is 5.11 Å². The van der Waals surface area contributed by atoms with E-state index in [0.717, 1.165) is 51.9 Å². The monoisotopic (exact) mass is 1020 g/mol. The predicted molar refractivity (Wildman–Crippen MR) is 267 cm³/mol. The average Bonchev–Trinajstić information content (AvgIpc) is 4.03. The van der Waals surface area contributed by atoms with E-state index in [4.69, 9.17) is 26.4 Å². The summed E-state index contributed by atoms with van der Waals surface area (Å²) in [5.41, 5.74) is 0.534. The minimum atomic E-state index is -5.03. The van der Waals surface area contributed by atoms with Crippen LogP contribution in [-0.2, 0) is 41.4 Å². The number of nitrogens with one attached hydrogen (secondary N) is 2. The SMILES string of the molecule is Cc1ncsc1-c1ccc(CNC(=O)[C@@H]2CCCN2C(=O)[C@@H](NC(=O)COCCCOCCCCCOc2ccc(N3C(=S)N(c4ccc([N+](=O)[O-])c(C(F)(F)F)c4)C(=O)C3(C)C)cc2)C(C)(C)C)cc1. The second-order valence-corrected chi connectivity index (χ2v) is 20.2. The third-order valence-electron chi connectivity index (χ3n) is 12.2. The summed E-state index contributed by atoms with van der Waals surface area (Å²) in [5, 5.41) is 17.0. The number of rotatable bonds is 22. The molecular formula is C50H60F3N7O9S2. The Morgan fingerprint density at radius 3 is 2.25 bits per heavy atom. The summed E-state index contributed by atoms with van der Waals surface area (Å²) in [5.74, 6) is -0.988. The smallest absolute Gasteiger partial charge is 0.423 e. The number of thiazole rings is 1. The molecule has 0 radical (unpaired) electrons. The Labute approximate surface area is 420 Å². The molecule has 0 bridgehead atoms. The van der Waals surface area contributed by atoms with Crippen molar-refractivity contribution in [2.45, 2.75) is 110 Å². The number of likely N-dealkylation sites (tertiary alicyclic amines) is 1. The van der Waals surface area contributed by atoms with Gasteiger partial charge in [0, 0.05) is 44.7 Å². The van der Waals surface area contributed by atoms with Crippen LogP contribution in [0, 0.1) is 22.5 Å². The van der Waals surface area contributed by atoms with Crippen molar-refractivity contribution in [3.05, 3.63) is 99.2 Å². The Balaban J connectivity index is 0.845. The normalized spacial score (nSPS) is 16.4. The number of halogens is 3. The number of anilines is 2. The van der Waals surface area contributed by atoms with Crippen LogP contribution < -0.4 is 25.2 Å². The Morgan fingerprint density at radius 2 is 1.61 bits per heavy atom. The number of nitro groups is 1. The molecule has 2 saturated heterocycles. The third-order valence-corrected chi connectivity index (χ3v) is 13.5. The number of aromatic nitrogens is 1. The van der Waals surface area contributed by atoms with E-state index in [1.807, 2.05) is 57.5 Å². The molecule has 21 heteroatoms. The fourth-order valence-corrected chi connectivity index (χ4v) is 9.71. The number of benzene rings is 3. The Kier molecular flexibility index (Phi) is 17.9. The van der Waals surface area contributed by atoms with Crippen LogP contribution in [0.1, 0.15) is 90.0 Å². The van der Waals surface area contributed by atoms with E-state index in [-0.39, 0.29) is 35.8 Å². The second-order valence-electron chi connectivity index (χ2n) is 18.9. The summed E-state index contributed by atoms with van der Waals surface area (Å²) in [6.45, 7) is 13.0. The maximum Gasteiger partial charge on any atom is 0.423 e. The summed E-state index contributed by atoms with van der Waals surface area (Å²) in [7, 11) is 0. The van der Waals surface area contributed by atoms with Crippen LogP contribution in [0.2, 0.25) is 0 Å². The lowest BCUT2D eigenvalue weighted by atomic mass is 9.85. The molecular weight excluding hydrogens is 964 g/mol. The molecule has 2 fully saturated rings. The van der Waals surface area contributed by atoms with Crippen LogP contribution in [-0.4, -0.2) is 101 Å². The van der Waals surface area contributed by atoms with Crippen LogP contribution in [0.3, 0.4) is 0 Å². The number of carbonyl (C=O) groups excluding carboxylic acids is 4. The van der Waals surface area contributed by atoms with Crippen molar-refractivity contribution in [2.24, 2.45) is 5.41 Å². The van der Waals surface area contributed by atoms with E-state index in [0.29, 0.717) is 75.7 Å². The van der Waals surface area contributed by atoms with Gasteiger partial charge in [0.25, 0.3) is 11.6 Å². The molecule has 3 aromatic carbocycles. The number of nitro benzene ring substituents is 1. The van der Waals surface area contributed by atoms with Crippen LogP contribution in [0.15, 0.2) is 72.2 Å². The molecule has 71 heavy (non-hydrogen) atoms. The number of alkyl halides is 3. The standard InChI is InChI=1S/C50H60F3N7O9S2/c1-32-42(71-31-55-32)34-15-13-33(14-16-34)29-54-44(62)40-12-10-23-57(40)45(63)43(48(2,3)4)56-41(61)30-68-26-11-25-67-24-8-7-9-27-69-37-20-17-35(18-21-37)59-47(70)58(46(64)49(59,5)6)36-19-22-39(60(65)66)38(28-36)50(51,52)53/h13-22,28,31,40,43H,7-12,23-27,29-30H2,1-6H3,(H,54,62)(H,56,61)/t40-,43+/m0/s1. The molecule has 0 unspecified atom stereocenters. The zero-order valence-electron chi connectivity index (χ0n) is 40.6. The molecule has 4 amide bonds. The summed E-state index contributed by atoms with van der Waals surface area (Å²) in [6, 6.07) is 15.6. The fourth-order valence-electron chi connectivity index (χ4n) is 8.38. The van der Waals surface area contributed by atoms with Gasteiger partial charge in [-0.2, -0.15) is 13.2 Å². The van der Waals surface area contributed by atoms with Gasteiger partial charge in [0.05, 0.1) is 33.3 Å². The van der Waals surface area contributed by atoms with Gasteiger partial charge < -0.3 is 34.6 Å². The Bertz CT molecular complexity index is 2550. The summed E-state index contributed by atoms with van der Waals surface area (Å²) < 4.78 is 58.4. The Hall–Kier alpha value is -6.03. The topological polar surface area (TPSA) is 186 Å². The molecule has 2 aliphatic heterocycles. The van der Waals surface area contributed by atoms with E-state index >= 15 is 0 Å². The summed E-state index contributed by atoms with van der Waals surface area (Å²) in [6.07, 6.45) is -0.874. The minimum Gasteiger partial charge on any atom is -0.494 e. The molecule has 0 aliphatic carbocycles. The van der Waals surface area contributed by atoms with E-state index in [1.54, 1.807) is 54.3 Å². The largest absolute Gasteiger partial charge is 0.494 e. The van der Waals surface area contributed by atoms with Crippen molar-refractivity contribution in [2.75, 3.05) is 49.4 Å². The quantitative estimate of drug-likeness (QED) is 0.0331. The predicted octanol–water partition coefficient (Wildman–Crippen LogP) is 8.77. The number of unbranched alkanes of at least 4 members (excludes halogenated alkanes) is 2. The highest BCUT2D eigenvalue weighted by Crippen LogP contribution is 2.42. The summed E-state index contributed by atoms with van der Waals surface area (Å²) in [4.78, 5) is 73.4. The molecule has 2 aliphatic rings. The fraction of sp³-hybridized carbons (Fsp3) is 0.480. The molecule has 16 nitrogen and oxygen atoms in total. The molecule has 3 heterocycles. The molecule has 6 rings (SSSR count). The third kappa shape index (κ3) is 13.5. The van der Waals surface area contributed by atoms with E-state index in [9.17, 15) is 42.5 Å². The van der Waals surface area contributed by atoms with Crippen molar-refractivity contribution in [1.29, 1.82) is 0 Å². The zero-order chi connectivity index (χ0) is 51.7. The van der Waals surface area contributed by atoms with Crippen molar-refractivity contribution in [1.82, 2.24) is 20.5 Å². The lowest BCUT2D eigenvalue weighted by Gasteiger charge is -2.35. The minimum absolute atomic E-state index is 0.0820. The van der Waals surface area contributed by atoms with E-state index in [2.05, 4.69) is 15.6 Å². The van der Waals surface area contributed by atoms with Crippen LogP contribution in [0.25, 0.3) is 10.4 Å². The highest BCUT2D eigenvalue weighted by Gasteiger charge is 2.51. The maximum atomic E-state index is 13.9. The lowest BCUT2D eigenvalue weighted by Crippen LogP contribution is -2.58. The molecule has 2 N–H and O–H groups in total. The van der Waals surface area contributed by atoms with Crippen LogP contribution >= 0.6 is 23.6 Å². The first-order chi connectivity index (χ1) is 33.6. The van der Waals surface area contributed by atoms with Crippen molar-refractivity contribution in [3.8, 4) is 16.2 Å². The van der Waals surface area contributed by atoms with Gasteiger partial charge in [-0.3, -0.25) is 34.2 Å². The number of carbonyl (C=O) groups is 4. The highest BCUT2D eigenvalue weighted by molar-refractivity contribution is 7.81. The number of aryl methyl sites for hydroxylation is 1. The van der Waals surface area contributed by atoms with Gasteiger partial charge in [-0.1, -0.05) is 45.0 Å². The first-order valence-corrected chi connectivity index (χ1v) is 24.7. The van der Waals surface area contributed by atoms with E-state index in [1.165, 1.54) is 4.90 Å². The molecule has 0 saturated carbocycles. The van der Waals surface area contributed by atoms with Gasteiger partial charge >= 0.3 is 6.18 Å². The van der Waals surface area contributed by atoms with Gasteiger partial charge in [0.1, 0.15) is 35.5 Å². The number of hydrogen-bond donors (Lipinski definition) is 2. The highest BCUT2D eigenvalue weighted by atomic mass is 32.1. The number of ether oxygens (including phenoxy) is 3. The van der Waals surface area contributed by atoms with Gasteiger partial charge in [0.2, 0.25) is 17.7 Å². The first kappa shape index (κ1) is 54.3. The lowest BCUT2D eigenvalue weighted by molar-refractivity contribution is -0.388. The second kappa shape index (κ2) is 23.5. The molecule has 0 spiro atoms. The average molecular weight is 1020 g/mol. The van der Waals surface area contributed by atoms with Crippen LogP contribution in [0.5, 0.6) is 5.75 Å². The summed E-state index contributed by atoms with van der Waals surface area (Å²) >= 11 is 7.16. The van der Waals surface area contributed by atoms with E-state index < -0.39 is 57.2 Å². The zero-order valence-corrected chi connectivity index (χ0v) is 42.3. The van der Waals surface area contributed by atoms with Gasteiger partial charge in [-0.05, 0) is 124 Å². The van der Waals surface area contributed by atoms with Crippen LogP contribution in [0.4, 0.5) is 30.2 Å². The number of nitrogens with zero attached hydrogens (tertiary/aromatic N) is 5. The maximum absolute atomic E-state index is 13.9. The molecule has 2 atom stereocenters. The first-order valence-electron chi connectivity index (χ1n) is 23.4. The van der Waals surface area contributed by atoms with Gasteiger partial charge in [-0.25, -0.2) is 4.98 Å². The molecule has 382 valence electrons. The molecule has 4 aromatic rings. The molecule has 1 aromatic heterocycles.